The van der Waals surface area contributed by atoms with E-state index in [2.05, 4.69) is 21.8 Å². The smallest absolute Gasteiger partial charge is 0.229 e. The molecule has 1 aliphatic heterocycles. The molecule has 1 saturated heterocycles. The Kier molecular flexibility index (Phi) is 3.52. The summed E-state index contributed by atoms with van der Waals surface area (Å²) in [5.74, 6) is 0.152. The molecule has 0 radical (unpaired) electrons. The fourth-order valence-electron chi connectivity index (χ4n) is 2.54. The van der Waals surface area contributed by atoms with E-state index in [1.54, 1.807) is 11.3 Å². The maximum Gasteiger partial charge on any atom is 0.229 e. The second-order valence-electron chi connectivity index (χ2n) is 4.66. The van der Waals surface area contributed by atoms with Gasteiger partial charge in [-0.15, -0.1) is 11.3 Å². The molecule has 2 aromatic rings. The van der Waals surface area contributed by atoms with E-state index in [1.807, 2.05) is 10.3 Å². The number of amides is 1. The van der Waals surface area contributed by atoms with Crippen LogP contribution in [0.3, 0.4) is 0 Å². The van der Waals surface area contributed by atoms with E-state index in [4.69, 9.17) is 5.73 Å². The monoisotopic (exact) mass is 293 g/mol. The maximum absolute atomic E-state index is 12.4. The molecule has 2 aromatic heterocycles. The quantitative estimate of drug-likeness (QED) is 0.946. The highest BCUT2D eigenvalue weighted by Crippen LogP contribution is 2.33. The molecule has 1 aliphatic rings. The minimum atomic E-state index is 0.152. The number of hydrogen-bond acceptors (Lipinski definition) is 5. The van der Waals surface area contributed by atoms with E-state index < -0.39 is 0 Å². The van der Waals surface area contributed by atoms with Crippen LogP contribution in [0.5, 0.6) is 0 Å². The van der Waals surface area contributed by atoms with E-state index in [-0.39, 0.29) is 11.9 Å². The zero-order chi connectivity index (χ0) is 13.2. The largest absolute Gasteiger partial charge is 0.375 e. The number of anilines is 1. The van der Waals surface area contributed by atoms with Gasteiger partial charge in [-0.05, 0) is 35.2 Å². The predicted octanol–water partition coefficient (Wildman–Crippen LogP) is 2.69. The predicted molar refractivity (Wildman–Crippen MR) is 78.2 cm³/mol. The van der Waals surface area contributed by atoms with Gasteiger partial charge in [-0.3, -0.25) is 4.79 Å². The molecule has 2 N–H and O–H groups in total. The molecule has 1 fully saturated rings. The Morgan fingerprint density at radius 2 is 2.42 bits per heavy atom. The highest BCUT2D eigenvalue weighted by atomic mass is 32.1. The van der Waals surface area contributed by atoms with Crippen LogP contribution >= 0.6 is 22.7 Å². The molecule has 0 saturated carbocycles. The standard InChI is InChI=1S/C13H15N3OS2/c14-13-15-10(8-19-13)6-12(17)16-4-1-2-11(16)9-3-5-18-7-9/h3,5,7-8,11H,1-2,4,6H2,(H2,14,15). The van der Waals surface area contributed by atoms with Crippen molar-refractivity contribution in [2.75, 3.05) is 12.3 Å². The number of hydrogen-bond donors (Lipinski definition) is 1. The number of likely N-dealkylation sites (tertiary alicyclic amines) is 1. The van der Waals surface area contributed by atoms with Crippen molar-refractivity contribution in [1.29, 1.82) is 0 Å². The van der Waals surface area contributed by atoms with Crippen LogP contribution < -0.4 is 5.73 Å². The summed E-state index contributed by atoms with van der Waals surface area (Å²) < 4.78 is 0. The van der Waals surface area contributed by atoms with Gasteiger partial charge in [-0.25, -0.2) is 4.98 Å². The van der Waals surface area contributed by atoms with E-state index >= 15 is 0 Å². The summed E-state index contributed by atoms with van der Waals surface area (Å²) in [7, 11) is 0. The lowest BCUT2D eigenvalue weighted by molar-refractivity contribution is -0.131. The van der Waals surface area contributed by atoms with E-state index in [9.17, 15) is 4.79 Å². The molecule has 1 unspecified atom stereocenters. The third-order valence-corrected chi connectivity index (χ3v) is 4.83. The Morgan fingerprint density at radius 1 is 1.53 bits per heavy atom. The summed E-state index contributed by atoms with van der Waals surface area (Å²) in [6.07, 6.45) is 2.49. The maximum atomic E-state index is 12.4. The van der Waals surface area contributed by atoms with Crippen LogP contribution in [0.1, 0.15) is 30.1 Å². The lowest BCUT2D eigenvalue weighted by atomic mass is 10.1. The topological polar surface area (TPSA) is 59.2 Å². The number of thiophene rings is 1. The SMILES string of the molecule is Nc1nc(CC(=O)N2CCCC2c2ccsc2)cs1. The zero-order valence-corrected chi connectivity index (χ0v) is 12.0. The minimum Gasteiger partial charge on any atom is -0.375 e. The van der Waals surface area contributed by atoms with Crippen LogP contribution in [0.2, 0.25) is 0 Å². The van der Waals surface area contributed by atoms with Gasteiger partial charge in [0.25, 0.3) is 0 Å². The van der Waals surface area contributed by atoms with Gasteiger partial charge in [0.1, 0.15) is 0 Å². The number of nitrogen functional groups attached to an aromatic ring is 1. The second-order valence-corrected chi connectivity index (χ2v) is 6.33. The lowest BCUT2D eigenvalue weighted by Crippen LogP contribution is -2.31. The first-order valence-electron chi connectivity index (χ1n) is 6.25. The van der Waals surface area contributed by atoms with E-state index in [1.165, 1.54) is 16.9 Å². The van der Waals surface area contributed by atoms with Gasteiger partial charge in [-0.2, -0.15) is 11.3 Å². The molecular formula is C13H15N3OS2. The highest BCUT2D eigenvalue weighted by Gasteiger charge is 2.30. The third kappa shape index (κ3) is 2.64. The van der Waals surface area contributed by atoms with Crippen molar-refractivity contribution in [3.05, 3.63) is 33.5 Å². The average Bonchev–Trinajstić information content (AvgIpc) is 3.07. The van der Waals surface area contributed by atoms with Gasteiger partial charge in [0, 0.05) is 11.9 Å². The molecule has 3 heterocycles. The Balaban J connectivity index is 1.72. The van der Waals surface area contributed by atoms with Crippen molar-refractivity contribution in [1.82, 2.24) is 9.88 Å². The van der Waals surface area contributed by atoms with Gasteiger partial charge < -0.3 is 10.6 Å². The molecule has 1 atom stereocenters. The van der Waals surface area contributed by atoms with Gasteiger partial charge in [0.05, 0.1) is 18.2 Å². The summed E-state index contributed by atoms with van der Waals surface area (Å²) >= 11 is 3.07. The van der Waals surface area contributed by atoms with Crippen LogP contribution in [0.25, 0.3) is 0 Å². The summed E-state index contributed by atoms with van der Waals surface area (Å²) in [5.41, 5.74) is 7.64. The van der Waals surface area contributed by atoms with E-state index in [0.717, 1.165) is 25.1 Å². The molecule has 6 heteroatoms. The lowest BCUT2D eigenvalue weighted by Gasteiger charge is -2.24. The number of thiazole rings is 1. The molecule has 0 spiro atoms. The third-order valence-electron chi connectivity index (χ3n) is 3.40. The minimum absolute atomic E-state index is 0.152. The normalized spacial score (nSPS) is 18.9. The Morgan fingerprint density at radius 3 is 3.11 bits per heavy atom. The van der Waals surface area contributed by atoms with Gasteiger partial charge in [-0.1, -0.05) is 0 Å². The van der Waals surface area contributed by atoms with Gasteiger partial charge in [0.2, 0.25) is 5.91 Å². The summed E-state index contributed by atoms with van der Waals surface area (Å²) in [6, 6.07) is 2.36. The van der Waals surface area contributed by atoms with Crippen LogP contribution in [-0.4, -0.2) is 22.3 Å². The van der Waals surface area contributed by atoms with Crippen molar-refractivity contribution in [3.8, 4) is 0 Å². The summed E-state index contributed by atoms with van der Waals surface area (Å²) in [6.45, 7) is 0.846. The first-order valence-corrected chi connectivity index (χ1v) is 8.08. The number of nitrogens with two attached hydrogens (primary N) is 1. The first kappa shape index (κ1) is 12.6. The second kappa shape index (κ2) is 5.30. The Hall–Kier alpha value is -1.40. The van der Waals surface area contributed by atoms with Crippen molar-refractivity contribution >= 4 is 33.7 Å². The molecule has 1 amide bonds. The molecule has 3 rings (SSSR count). The Bertz CT molecular complexity index is 564. The number of nitrogens with zero attached hydrogens (tertiary/aromatic N) is 2. The fourth-order valence-corrected chi connectivity index (χ4v) is 3.81. The Labute approximate surface area is 119 Å². The number of rotatable bonds is 3. The summed E-state index contributed by atoms with van der Waals surface area (Å²) in [4.78, 5) is 18.5. The zero-order valence-electron chi connectivity index (χ0n) is 10.4. The van der Waals surface area contributed by atoms with Crippen LogP contribution in [0, 0.1) is 0 Å². The molecular weight excluding hydrogens is 278 g/mol. The van der Waals surface area contributed by atoms with Crippen molar-refractivity contribution in [2.45, 2.75) is 25.3 Å². The van der Waals surface area contributed by atoms with Crippen molar-refractivity contribution in [2.24, 2.45) is 0 Å². The molecule has 0 aromatic carbocycles. The van der Waals surface area contributed by atoms with Crippen molar-refractivity contribution < 1.29 is 4.79 Å². The highest BCUT2D eigenvalue weighted by molar-refractivity contribution is 7.13. The molecule has 0 bridgehead atoms. The number of carbonyl (C=O) groups excluding carboxylic acids is 1. The van der Waals surface area contributed by atoms with Crippen molar-refractivity contribution in [3.63, 3.8) is 0 Å². The number of carbonyl (C=O) groups is 1. The molecule has 4 nitrogen and oxygen atoms in total. The van der Waals surface area contributed by atoms with Crippen LogP contribution in [0.4, 0.5) is 5.13 Å². The van der Waals surface area contributed by atoms with E-state index in [0.29, 0.717) is 11.6 Å². The fraction of sp³-hybridized carbons (Fsp3) is 0.385. The van der Waals surface area contributed by atoms with Crippen LogP contribution in [-0.2, 0) is 11.2 Å². The molecule has 0 aliphatic carbocycles. The molecule has 100 valence electrons. The van der Waals surface area contributed by atoms with Crippen LogP contribution in [0.15, 0.2) is 22.2 Å². The average molecular weight is 293 g/mol. The summed E-state index contributed by atoms with van der Waals surface area (Å²) in [5, 5.41) is 6.59. The number of aromatic nitrogens is 1. The van der Waals surface area contributed by atoms with Gasteiger partial charge in [0.15, 0.2) is 5.13 Å². The van der Waals surface area contributed by atoms with Gasteiger partial charge >= 0.3 is 0 Å². The molecule has 19 heavy (non-hydrogen) atoms. The first-order chi connectivity index (χ1) is 9.24.